The molecule has 0 saturated carbocycles. The van der Waals surface area contributed by atoms with Gasteiger partial charge in [0.1, 0.15) is 0 Å². The Morgan fingerprint density at radius 1 is 1.46 bits per heavy atom. The van der Waals surface area contributed by atoms with Gasteiger partial charge in [-0.1, -0.05) is 0 Å². The van der Waals surface area contributed by atoms with Crippen LogP contribution in [-0.2, 0) is 23.1 Å². The molecule has 5 nitrogen and oxygen atoms in total. The normalized spacial score (nSPS) is 17.5. The second-order valence-electron chi connectivity index (χ2n) is 2.34. The Morgan fingerprint density at radius 3 is 2.31 bits per heavy atom. The summed E-state index contributed by atoms with van der Waals surface area (Å²) >= 11 is 0. The molecule has 78 valence electrons. The van der Waals surface area contributed by atoms with Gasteiger partial charge in [0.05, 0.1) is 13.7 Å². The van der Waals surface area contributed by atoms with Gasteiger partial charge in [-0.25, -0.2) is 0 Å². The van der Waals surface area contributed by atoms with Crippen molar-refractivity contribution in [2.45, 2.75) is 19.5 Å². The summed E-state index contributed by atoms with van der Waals surface area (Å²) in [6, 6.07) is 0. The molecule has 0 N–H and O–H groups in total. The first-order chi connectivity index (χ1) is 6.01. The van der Waals surface area contributed by atoms with E-state index in [-0.39, 0.29) is 6.61 Å². The lowest BCUT2D eigenvalue weighted by atomic mass is 10.5. The topological polar surface area (TPSA) is 61.8 Å². The largest absolute Gasteiger partial charge is 0.468 e. The number of carbonyl (C=O) groups is 1. The first-order valence-electron chi connectivity index (χ1n) is 3.89. The number of methoxy groups -OCH3 is 1. The quantitative estimate of drug-likeness (QED) is 0.507. The van der Waals surface area contributed by atoms with Gasteiger partial charge in [-0.2, -0.15) is 0 Å². The van der Waals surface area contributed by atoms with E-state index >= 15 is 0 Å². The molecule has 0 aromatic rings. The number of esters is 1. The van der Waals surface area contributed by atoms with Crippen LogP contribution in [0, 0.1) is 0 Å². The smallest absolute Gasteiger partial charge is 0.344 e. The summed E-state index contributed by atoms with van der Waals surface area (Å²) in [5, 5.41) is 0. The zero-order valence-electron chi connectivity index (χ0n) is 8.27. The van der Waals surface area contributed by atoms with Gasteiger partial charge in [-0.3, -0.25) is 9.36 Å². The maximum absolute atomic E-state index is 11.7. The van der Waals surface area contributed by atoms with E-state index < -0.39 is 19.2 Å². The zero-order valence-corrected chi connectivity index (χ0v) is 9.17. The summed E-state index contributed by atoms with van der Waals surface area (Å²) in [6.45, 7) is 3.36. The van der Waals surface area contributed by atoms with Gasteiger partial charge < -0.3 is 13.8 Å². The van der Waals surface area contributed by atoms with E-state index in [0.717, 1.165) is 0 Å². The molecule has 0 spiro atoms. The van der Waals surface area contributed by atoms with Crippen molar-refractivity contribution in [3.8, 4) is 0 Å². The minimum Gasteiger partial charge on any atom is -0.468 e. The molecular weight excluding hydrogens is 195 g/mol. The van der Waals surface area contributed by atoms with Crippen molar-refractivity contribution in [1.82, 2.24) is 0 Å². The van der Waals surface area contributed by atoms with Crippen LogP contribution in [0.15, 0.2) is 0 Å². The van der Waals surface area contributed by atoms with Crippen LogP contribution in [0.25, 0.3) is 0 Å². The molecule has 0 heterocycles. The second-order valence-corrected chi connectivity index (χ2v) is 4.82. The maximum Gasteiger partial charge on any atom is 0.344 e. The summed E-state index contributed by atoms with van der Waals surface area (Å²) in [7, 11) is -0.866. The molecule has 0 aliphatic carbocycles. The van der Waals surface area contributed by atoms with Gasteiger partial charge in [0.25, 0.3) is 0 Å². The molecule has 0 aromatic heterocycles. The van der Waals surface area contributed by atoms with Crippen LogP contribution in [0.3, 0.4) is 0 Å². The predicted molar refractivity (Wildman–Crippen MR) is 47.7 cm³/mol. The summed E-state index contributed by atoms with van der Waals surface area (Å²) < 4.78 is 25.8. The lowest BCUT2D eigenvalue weighted by Gasteiger charge is -2.19. The van der Waals surface area contributed by atoms with Crippen molar-refractivity contribution in [3.05, 3.63) is 0 Å². The summed E-state index contributed by atoms with van der Waals surface area (Å²) in [5.41, 5.74) is -0.887. The van der Waals surface area contributed by atoms with Crippen molar-refractivity contribution >= 4 is 13.6 Å². The van der Waals surface area contributed by atoms with Gasteiger partial charge >= 0.3 is 13.6 Å². The fourth-order valence-electron chi connectivity index (χ4n) is 0.802. The van der Waals surface area contributed by atoms with Crippen molar-refractivity contribution in [3.63, 3.8) is 0 Å². The van der Waals surface area contributed by atoms with E-state index in [1.807, 2.05) is 0 Å². The molecule has 0 fully saturated rings. The molecule has 0 rings (SSSR count). The fourth-order valence-corrected chi connectivity index (χ4v) is 2.17. The van der Waals surface area contributed by atoms with E-state index in [0.29, 0.717) is 0 Å². The third-order valence-corrected chi connectivity index (χ3v) is 3.87. The molecule has 0 radical (unpaired) electrons. The maximum atomic E-state index is 11.7. The molecule has 0 amide bonds. The zero-order chi connectivity index (χ0) is 10.5. The summed E-state index contributed by atoms with van der Waals surface area (Å²) in [5.74, 6) is -0.598. The van der Waals surface area contributed by atoms with Gasteiger partial charge in [-0.05, 0) is 13.8 Å². The molecule has 0 aliphatic rings. The molecule has 6 heteroatoms. The monoisotopic (exact) mass is 210 g/mol. The number of carbonyl (C=O) groups excluding carboxylic acids is 1. The summed E-state index contributed by atoms with van der Waals surface area (Å²) in [6.07, 6.45) is 0. The van der Waals surface area contributed by atoms with Crippen LogP contribution in [0.2, 0.25) is 0 Å². The van der Waals surface area contributed by atoms with Gasteiger partial charge in [0, 0.05) is 7.11 Å². The highest BCUT2D eigenvalue weighted by Crippen LogP contribution is 2.52. The lowest BCUT2D eigenvalue weighted by Crippen LogP contribution is -2.20. The van der Waals surface area contributed by atoms with Crippen LogP contribution in [-0.4, -0.2) is 32.5 Å². The van der Waals surface area contributed by atoms with E-state index in [4.69, 9.17) is 9.05 Å². The standard InChI is InChI=1S/C7H15O5P/c1-5-12-13(9,11-4)6(2)7(8)10-3/h6H,5H2,1-4H3. The van der Waals surface area contributed by atoms with Crippen LogP contribution in [0.5, 0.6) is 0 Å². The Labute approximate surface area is 77.9 Å². The van der Waals surface area contributed by atoms with Crippen LogP contribution < -0.4 is 0 Å². The fraction of sp³-hybridized carbons (Fsp3) is 0.857. The minimum absolute atomic E-state index is 0.229. The number of hydrogen-bond acceptors (Lipinski definition) is 5. The Morgan fingerprint density at radius 2 is 2.00 bits per heavy atom. The van der Waals surface area contributed by atoms with E-state index in [9.17, 15) is 9.36 Å². The third kappa shape index (κ3) is 3.10. The average molecular weight is 210 g/mol. The second kappa shape index (κ2) is 5.37. The van der Waals surface area contributed by atoms with Gasteiger partial charge in [-0.15, -0.1) is 0 Å². The molecular formula is C7H15O5P. The lowest BCUT2D eigenvalue weighted by molar-refractivity contribution is -0.140. The van der Waals surface area contributed by atoms with Crippen LogP contribution in [0.1, 0.15) is 13.8 Å². The Balaban J connectivity index is 4.56. The average Bonchev–Trinajstić information content (AvgIpc) is 2.15. The first-order valence-corrected chi connectivity index (χ1v) is 5.50. The number of rotatable bonds is 5. The SMILES string of the molecule is CCOP(=O)(OC)C(C)C(=O)OC. The molecule has 13 heavy (non-hydrogen) atoms. The first kappa shape index (κ1) is 12.6. The highest BCUT2D eigenvalue weighted by molar-refractivity contribution is 7.55. The Bertz CT molecular complexity index is 215. The van der Waals surface area contributed by atoms with Gasteiger partial charge in [0.15, 0.2) is 5.66 Å². The summed E-state index contributed by atoms with van der Waals surface area (Å²) in [4.78, 5) is 11.0. The van der Waals surface area contributed by atoms with Crippen LogP contribution >= 0.6 is 7.60 Å². The predicted octanol–water partition coefficient (Wildman–Crippen LogP) is 1.42. The Kier molecular flexibility index (Phi) is 5.21. The van der Waals surface area contributed by atoms with E-state index in [1.165, 1.54) is 21.1 Å². The molecule has 0 aromatic carbocycles. The third-order valence-electron chi connectivity index (χ3n) is 1.58. The Hall–Kier alpha value is -0.380. The van der Waals surface area contributed by atoms with E-state index in [1.54, 1.807) is 6.92 Å². The van der Waals surface area contributed by atoms with Crippen molar-refractivity contribution in [2.75, 3.05) is 20.8 Å². The van der Waals surface area contributed by atoms with E-state index in [2.05, 4.69) is 4.74 Å². The molecule has 0 bridgehead atoms. The number of hydrogen-bond donors (Lipinski definition) is 0. The molecule has 2 unspecified atom stereocenters. The number of ether oxygens (including phenoxy) is 1. The van der Waals surface area contributed by atoms with Crippen molar-refractivity contribution in [2.24, 2.45) is 0 Å². The van der Waals surface area contributed by atoms with Gasteiger partial charge in [0.2, 0.25) is 0 Å². The molecule has 0 saturated heterocycles. The highest BCUT2D eigenvalue weighted by atomic mass is 31.2. The highest BCUT2D eigenvalue weighted by Gasteiger charge is 2.37. The van der Waals surface area contributed by atoms with Crippen molar-refractivity contribution < 1.29 is 23.1 Å². The van der Waals surface area contributed by atoms with Crippen molar-refractivity contribution in [1.29, 1.82) is 0 Å². The molecule has 2 atom stereocenters. The van der Waals surface area contributed by atoms with Crippen LogP contribution in [0.4, 0.5) is 0 Å². The minimum atomic E-state index is -3.34. The molecule has 0 aliphatic heterocycles.